The Morgan fingerprint density at radius 1 is 1.09 bits per heavy atom. The Kier molecular flexibility index (Phi) is 7.12. The van der Waals surface area contributed by atoms with Gasteiger partial charge in [-0.3, -0.25) is 0 Å². The lowest BCUT2D eigenvalue weighted by Gasteiger charge is -2.19. The topological polar surface area (TPSA) is 76.7 Å². The minimum absolute atomic E-state index is 0.390. The highest BCUT2D eigenvalue weighted by Gasteiger charge is 2.15. The molecule has 0 saturated heterocycles. The number of methoxy groups -OCH3 is 1. The summed E-state index contributed by atoms with van der Waals surface area (Å²) in [6, 6.07) is 0. The number of ether oxygens (including phenoxy) is 2. The van der Waals surface area contributed by atoms with Gasteiger partial charge >= 0.3 is 12.1 Å². The van der Waals surface area contributed by atoms with E-state index in [9.17, 15) is 9.59 Å². The molecular weight excluding hydrogens is 296 g/mol. The van der Waals surface area contributed by atoms with Crippen LogP contribution in [0.3, 0.4) is 0 Å². The van der Waals surface area contributed by atoms with Gasteiger partial charge in [0.1, 0.15) is 5.60 Å². The van der Waals surface area contributed by atoms with E-state index in [4.69, 9.17) is 9.47 Å². The Hall–Kier alpha value is -2.50. The third-order valence-corrected chi connectivity index (χ3v) is 2.65. The molecular formula is C17H24N2O4. The number of rotatable bonds is 5. The second kappa shape index (κ2) is 8.82. The second-order valence-corrected chi connectivity index (χ2v) is 5.81. The first-order valence-corrected chi connectivity index (χ1v) is 7.37. The van der Waals surface area contributed by atoms with Crippen LogP contribution in [0.2, 0.25) is 0 Å². The normalized spacial score (nSPS) is 17.7. The van der Waals surface area contributed by atoms with E-state index in [-0.39, 0.29) is 0 Å². The van der Waals surface area contributed by atoms with Gasteiger partial charge in [0.15, 0.2) is 0 Å². The van der Waals surface area contributed by atoms with E-state index in [1.807, 2.05) is 32.9 Å². The smallest absolute Gasteiger partial charge is 0.407 e. The number of carbonyl (C=O) groups is 2. The molecule has 0 heterocycles. The van der Waals surface area contributed by atoms with Gasteiger partial charge in [0, 0.05) is 18.8 Å². The van der Waals surface area contributed by atoms with Crippen molar-refractivity contribution in [3.8, 4) is 0 Å². The third-order valence-electron chi connectivity index (χ3n) is 2.65. The summed E-state index contributed by atoms with van der Waals surface area (Å²) in [7, 11) is 1.34. The van der Waals surface area contributed by atoms with Gasteiger partial charge in [-0.25, -0.2) is 9.59 Å². The van der Waals surface area contributed by atoms with Crippen LogP contribution in [0.1, 0.15) is 20.8 Å². The molecule has 0 saturated carbocycles. The number of amides is 1. The molecule has 0 aromatic rings. The molecule has 23 heavy (non-hydrogen) atoms. The summed E-state index contributed by atoms with van der Waals surface area (Å²) in [6.45, 7) is 6.39. The van der Waals surface area contributed by atoms with Crippen molar-refractivity contribution in [1.82, 2.24) is 10.6 Å². The fourth-order valence-corrected chi connectivity index (χ4v) is 1.67. The molecule has 0 aromatic heterocycles. The maximum atomic E-state index is 11.5. The zero-order valence-corrected chi connectivity index (χ0v) is 14.0. The van der Waals surface area contributed by atoms with Crippen LogP contribution in [0.5, 0.6) is 0 Å². The van der Waals surface area contributed by atoms with Crippen molar-refractivity contribution in [2.24, 2.45) is 0 Å². The Morgan fingerprint density at radius 2 is 1.78 bits per heavy atom. The summed E-state index contributed by atoms with van der Waals surface area (Å²) >= 11 is 0. The van der Waals surface area contributed by atoms with Crippen molar-refractivity contribution >= 4 is 12.1 Å². The summed E-state index contributed by atoms with van der Waals surface area (Å²) in [5.74, 6) is -0.390. The minimum atomic E-state index is -0.510. The van der Waals surface area contributed by atoms with Crippen molar-refractivity contribution in [1.29, 1.82) is 0 Å². The van der Waals surface area contributed by atoms with Gasteiger partial charge in [-0.2, -0.15) is 0 Å². The highest BCUT2D eigenvalue weighted by Crippen LogP contribution is 2.07. The SMILES string of the molecule is COC(=O)C1=C/C=C(NCCNC(=O)OC(C)(C)C)\C=C/C=C1. The molecule has 6 heteroatoms. The number of hydrogen-bond acceptors (Lipinski definition) is 5. The maximum absolute atomic E-state index is 11.5. The lowest BCUT2D eigenvalue weighted by molar-refractivity contribution is -0.135. The van der Waals surface area contributed by atoms with Crippen LogP contribution < -0.4 is 10.6 Å². The van der Waals surface area contributed by atoms with Crippen LogP contribution in [-0.4, -0.2) is 37.9 Å². The molecule has 1 aliphatic carbocycles. The molecule has 1 rings (SSSR count). The quantitative estimate of drug-likeness (QED) is 0.600. The molecule has 0 bridgehead atoms. The predicted molar refractivity (Wildman–Crippen MR) is 88.7 cm³/mol. The largest absolute Gasteiger partial charge is 0.465 e. The van der Waals surface area contributed by atoms with Crippen molar-refractivity contribution in [3.63, 3.8) is 0 Å². The van der Waals surface area contributed by atoms with Gasteiger partial charge < -0.3 is 20.1 Å². The summed E-state index contributed by atoms with van der Waals surface area (Å²) < 4.78 is 9.83. The Labute approximate surface area is 136 Å². The third kappa shape index (κ3) is 7.90. The molecule has 126 valence electrons. The van der Waals surface area contributed by atoms with E-state index in [1.54, 1.807) is 24.3 Å². The maximum Gasteiger partial charge on any atom is 0.407 e. The molecule has 6 nitrogen and oxygen atoms in total. The van der Waals surface area contributed by atoms with Gasteiger partial charge in [0.05, 0.1) is 12.7 Å². The van der Waals surface area contributed by atoms with Crippen LogP contribution in [0.25, 0.3) is 0 Å². The minimum Gasteiger partial charge on any atom is -0.465 e. The number of allylic oxidation sites excluding steroid dienone is 5. The Balaban J connectivity index is 2.45. The Morgan fingerprint density at radius 3 is 2.43 bits per heavy atom. The first kappa shape index (κ1) is 18.5. The van der Waals surface area contributed by atoms with Gasteiger partial charge in [-0.05, 0) is 45.1 Å². The lowest BCUT2D eigenvalue weighted by atomic mass is 10.1. The van der Waals surface area contributed by atoms with E-state index in [0.29, 0.717) is 18.7 Å². The van der Waals surface area contributed by atoms with E-state index in [2.05, 4.69) is 10.6 Å². The average Bonchev–Trinajstić information content (AvgIpc) is 2.43. The fourth-order valence-electron chi connectivity index (χ4n) is 1.67. The molecule has 0 atom stereocenters. The monoisotopic (exact) mass is 320 g/mol. The average molecular weight is 320 g/mol. The van der Waals surface area contributed by atoms with E-state index >= 15 is 0 Å². The highest BCUT2D eigenvalue weighted by molar-refractivity contribution is 5.92. The molecule has 0 unspecified atom stereocenters. The zero-order valence-electron chi connectivity index (χ0n) is 14.0. The predicted octanol–water partition coefficient (Wildman–Crippen LogP) is 2.21. The van der Waals surface area contributed by atoms with Crippen molar-refractivity contribution < 1.29 is 19.1 Å². The molecule has 0 aromatic carbocycles. The van der Waals surface area contributed by atoms with E-state index in [1.165, 1.54) is 7.11 Å². The Bertz CT molecular complexity index is 551. The summed E-state index contributed by atoms with van der Waals surface area (Å²) in [5.41, 5.74) is 0.772. The summed E-state index contributed by atoms with van der Waals surface area (Å²) in [4.78, 5) is 23.0. The standard InChI is InChI=1S/C17H24N2O4/c1-17(2,3)23-16(21)19-12-11-18-14-8-6-5-7-13(9-10-14)15(20)22-4/h5-10,18H,11-12H2,1-4H3,(H,19,21)/b6-5?,7-5?,8-6-,10-9?,13-7?,13-9?,14-8?,14-10+. The van der Waals surface area contributed by atoms with Crippen LogP contribution in [0.15, 0.2) is 47.7 Å². The molecule has 0 spiro atoms. The molecule has 0 aliphatic heterocycles. The number of alkyl carbamates (subject to hydrolysis) is 1. The van der Waals surface area contributed by atoms with Crippen molar-refractivity contribution in [3.05, 3.63) is 47.7 Å². The van der Waals surface area contributed by atoms with Gasteiger partial charge in [0.2, 0.25) is 0 Å². The van der Waals surface area contributed by atoms with Crippen molar-refractivity contribution in [2.75, 3.05) is 20.2 Å². The van der Waals surface area contributed by atoms with E-state index in [0.717, 1.165) is 5.70 Å². The number of nitrogens with one attached hydrogen (secondary N) is 2. The molecule has 1 amide bonds. The van der Waals surface area contributed by atoms with Gasteiger partial charge in [-0.1, -0.05) is 12.2 Å². The zero-order chi connectivity index (χ0) is 17.3. The number of esters is 1. The highest BCUT2D eigenvalue weighted by atomic mass is 16.6. The van der Waals surface area contributed by atoms with Gasteiger partial charge in [-0.15, -0.1) is 0 Å². The summed E-state index contributed by atoms with van der Waals surface area (Å²) in [6.07, 6.45) is 10.1. The molecule has 0 radical (unpaired) electrons. The van der Waals surface area contributed by atoms with Crippen molar-refractivity contribution in [2.45, 2.75) is 26.4 Å². The van der Waals surface area contributed by atoms with Crippen LogP contribution in [-0.2, 0) is 14.3 Å². The summed E-state index contributed by atoms with van der Waals surface area (Å²) in [5, 5.41) is 5.82. The number of hydrogen-bond donors (Lipinski definition) is 2. The molecule has 0 fully saturated rings. The first-order valence-electron chi connectivity index (χ1n) is 7.37. The second-order valence-electron chi connectivity index (χ2n) is 5.81. The first-order chi connectivity index (χ1) is 10.8. The fraction of sp³-hybridized carbons (Fsp3) is 0.412. The van der Waals surface area contributed by atoms with Crippen LogP contribution in [0.4, 0.5) is 4.79 Å². The molecule has 1 aliphatic rings. The lowest BCUT2D eigenvalue weighted by Crippen LogP contribution is -2.36. The molecule has 2 N–H and O–H groups in total. The number of carbonyl (C=O) groups excluding carboxylic acids is 2. The van der Waals surface area contributed by atoms with E-state index < -0.39 is 17.7 Å². The van der Waals surface area contributed by atoms with Crippen LogP contribution in [0, 0.1) is 0 Å². The van der Waals surface area contributed by atoms with Crippen LogP contribution >= 0.6 is 0 Å². The van der Waals surface area contributed by atoms with Gasteiger partial charge in [0.25, 0.3) is 0 Å².